The standard InChI is InChI=1S/C16H20N2O3S/c1-4-11(16(20)21-3)18-8-17-14-13(15(18)19)10-6-5-9(2)7-12(10)22-14/h8-9,11H,4-7H2,1-3H3/t9-,11-/m0/s1. The van der Waals surface area contributed by atoms with Gasteiger partial charge in [-0.15, -0.1) is 11.3 Å². The highest BCUT2D eigenvalue weighted by molar-refractivity contribution is 7.18. The van der Waals surface area contributed by atoms with Crippen molar-refractivity contribution in [2.75, 3.05) is 7.11 Å². The molecule has 2 atom stereocenters. The molecule has 1 aliphatic rings. The molecular weight excluding hydrogens is 300 g/mol. The summed E-state index contributed by atoms with van der Waals surface area (Å²) in [5.41, 5.74) is 1.03. The first-order chi connectivity index (χ1) is 10.6. The van der Waals surface area contributed by atoms with E-state index in [-0.39, 0.29) is 5.56 Å². The number of hydrogen-bond acceptors (Lipinski definition) is 5. The van der Waals surface area contributed by atoms with Crippen LogP contribution in [0.15, 0.2) is 11.1 Å². The van der Waals surface area contributed by atoms with Crippen LogP contribution in [0.2, 0.25) is 0 Å². The number of carbonyl (C=O) groups is 1. The first-order valence-corrected chi connectivity index (χ1v) is 8.47. The van der Waals surface area contributed by atoms with Gasteiger partial charge < -0.3 is 4.74 Å². The fraction of sp³-hybridized carbons (Fsp3) is 0.562. The molecule has 0 aromatic carbocycles. The number of carbonyl (C=O) groups excluding carboxylic acids is 1. The van der Waals surface area contributed by atoms with Crippen molar-refractivity contribution in [3.05, 3.63) is 27.1 Å². The van der Waals surface area contributed by atoms with E-state index in [1.165, 1.54) is 22.9 Å². The lowest BCUT2D eigenvalue weighted by molar-refractivity contribution is -0.144. The molecule has 22 heavy (non-hydrogen) atoms. The maximum atomic E-state index is 12.9. The second-order valence-corrected chi connectivity index (χ2v) is 7.02. The van der Waals surface area contributed by atoms with Crippen LogP contribution in [0.4, 0.5) is 0 Å². The Labute approximate surface area is 132 Å². The predicted molar refractivity (Wildman–Crippen MR) is 86.4 cm³/mol. The van der Waals surface area contributed by atoms with Crippen molar-refractivity contribution in [2.45, 2.75) is 45.6 Å². The van der Waals surface area contributed by atoms with Crippen LogP contribution in [0.5, 0.6) is 0 Å². The minimum atomic E-state index is -0.604. The molecule has 3 rings (SSSR count). The van der Waals surface area contributed by atoms with Crippen LogP contribution in [0.25, 0.3) is 10.2 Å². The first-order valence-electron chi connectivity index (χ1n) is 7.66. The van der Waals surface area contributed by atoms with Crippen LogP contribution in [0.1, 0.15) is 43.2 Å². The van der Waals surface area contributed by atoms with E-state index >= 15 is 0 Å². The monoisotopic (exact) mass is 320 g/mol. The number of aromatic nitrogens is 2. The summed E-state index contributed by atoms with van der Waals surface area (Å²) < 4.78 is 6.24. The lowest BCUT2D eigenvalue weighted by Gasteiger charge is -2.18. The normalized spacial score (nSPS) is 19.0. The average molecular weight is 320 g/mol. The zero-order valence-electron chi connectivity index (χ0n) is 13.1. The van der Waals surface area contributed by atoms with Gasteiger partial charge in [0.25, 0.3) is 5.56 Å². The Kier molecular flexibility index (Phi) is 4.04. The lowest BCUT2D eigenvalue weighted by Crippen LogP contribution is -2.30. The SMILES string of the molecule is CC[C@@H](C(=O)OC)n1cnc2sc3c(c2c1=O)CC[C@H](C)C3. The maximum absolute atomic E-state index is 12.9. The molecule has 0 radical (unpaired) electrons. The Morgan fingerprint density at radius 3 is 3.05 bits per heavy atom. The minimum Gasteiger partial charge on any atom is -0.467 e. The van der Waals surface area contributed by atoms with Crippen molar-refractivity contribution in [2.24, 2.45) is 5.92 Å². The van der Waals surface area contributed by atoms with Gasteiger partial charge in [0.1, 0.15) is 10.9 Å². The van der Waals surface area contributed by atoms with Gasteiger partial charge in [0.05, 0.1) is 18.8 Å². The number of methoxy groups -OCH3 is 1. The fourth-order valence-corrected chi connectivity index (χ4v) is 4.52. The second kappa shape index (κ2) is 5.83. The Balaban J connectivity index is 2.17. The van der Waals surface area contributed by atoms with Crippen LogP contribution in [0.3, 0.4) is 0 Å². The van der Waals surface area contributed by atoms with Crippen LogP contribution >= 0.6 is 11.3 Å². The van der Waals surface area contributed by atoms with Crippen molar-refractivity contribution in [1.82, 2.24) is 9.55 Å². The number of aryl methyl sites for hydroxylation is 1. The molecule has 0 amide bonds. The zero-order valence-corrected chi connectivity index (χ0v) is 13.9. The summed E-state index contributed by atoms with van der Waals surface area (Å²) in [4.78, 5) is 31.3. The molecule has 2 aromatic rings. The van der Waals surface area contributed by atoms with Gasteiger partial charge in [0, 0.05) is 4.88 Å². The first kappa shape index (κ1) is 15.2. The van der Waals surface area contributed by atoms with Crippen molar-refractivity contribution < 1.29 is 9.53 Å². The molecule has 0 unspecified atom stereocenters. The summed E-state index contributed by atoms with van der Waals surface area (Å²) in [6.45, 7) is 4.10. The molecule has 5 nitrogen and oxygen atoms in total. The number of rotatable bonds is 3. The van der Waals surface area contributed by atoms with E-state index in [1.807, 2.05) is 6.92 Å². The van der Waals surface area contributed by atoms with Gasteiger partial charge in [-0.2, -0.15) is 0 Å². The van der Waals surface area contributed by atoms with E-state index in [2.05, 4.69) is 11.9 Å². The molecule has 0 bridgehead atoms. The molecule has 118 valence electrons. The predicted octanol–water partition coefficient (Wildman–Crippen LogP) is 2.71. The summed E-state index contributed by atoms with van der Waals surface area (Å²) in [6.07, 6.45) is 5.03. The van der Waals surface area contributed by atoms with E-state index < -0.39 is 12.0 Å². The Morgan fingerprint density at radius 1 is 1.59 bits per heavy atom. The average Bonchev–Trinajstić information content (AvgIpc) is 2.87. The maximum Gasteiger partial charge on any atom is 0.329 e. The number of hydrogen-bond donors (Lipinski definition) is 0. The molecular formula is C16H20N2O3S. The van der Waals surface area contributed by atoms with E-state index in [0.29, 0.717) is 17.7 Å². The van der Waals surface area contributed by atoms with E-state index in [4.69, 9.17) is 4.74 Å². The summed E-state index contributed by atoms with van der Waals surface area (Å²) in [7, 11) is 1.34. The minimum absolute atomic E-state index is 0.116. The van der Waals surface area contributed by atoms with Crippen molar-refractivity contribution in [3.8, 4) is 0 Å². The van der Waals surface area contributed by atoms with Crippen molar-refractivity contribution in [1.29, 1.82) is 0 Å². The van der Waals surface area contributed by atoms with Gasteiger partial charge in [-0.05, 0) is 37.2 Å². The number of esters is 1. The molecule has 6 heteroatoms. The Hall–Kier alpha value is -1.69. The molecule has 0 N–H and O–H groups in total. The second-order valence-electron chi connectivity index (χ2n) is 5.94. The lowest BCUT2D eigenvalue weighted by atomic mass is 9.89. The van der Waals surface area contributed by atoms with Gasteiger partial charge in [-0.25, -0.2) is 9.78 Å². The quantitative estimate of drug-likeness (QED) is 0.816. The summed E-state index contributed by atoms with van der Waals surface area (Å²) in [6, 6.07) is -0.604. The van der Waals surface area contributed by atoms with Crippen LogP contribution < -0.4 is 5.56 Å². The molecule has 1 aliphatic carbocycles. The summed E-state index contributed by atoms with van der Waals surface area (Å²) in [5.74, 6) is 0.254. The highest BCUT2D eigenvalue weighted by atomic mass is 32.1. The fourth-order valence-electron chi connectivity index (χ4n) is 3.18. The van der Waals surface area contributed by atoms with Gasteiger partial charge in [-0.1, -0.05) is 13.8 Å². The molecule has 0 saturated carbocycles. The molecule has 0 spiro atoms. The van der Waals surface area contributed by atoms with Crippen LogP contribution in [-0.2, 0) is 22.4 Å². The van der Waals surface area contributed by atoms with Gasteiger partial charge in [0.2, 0.25) is 0 Å². The Bertz CT molecular complexity index is 778. The van der Waals surface area contributed by atoms with Gasteiger partial charge in [-0.3, -0.25) is 9.36 Å². The smallest absolute Gasteiger partial charge is 0.329 e. The third-order valence-corrected chi connectivity index (χ3v) is 5.60. The summed E-state index contributed by atoms with van der Waals surface area (Å²) >= 11 is 1.62. The number of thiophene rings is 1. The molecule has 0 saturated heterocycles. The van der Waals surface area contributed by atoms with Gasteiger partial charge in [0.15, 0.2) is 0 Å². The number of ether oxygens (including phenoxy) is 1. The third kappa shape index (κ3) is 2.35. The Morgan fingerprint density at radius 2 is 2.36 bits per heavy atom. The van der Waals surface area contributed by atoms with Crippen LogP contribution in [-0.4, -0.2) is 22.6 Å². The molecule has 0 fully saturated rings. The number of nitrogens with zero attached hydrogens (tertiary/aromatic N) is 2. The molecule has 0 aliphatic heterocycles. The highest BCUT2D eigenvalue weighted by Gasteiger charge is 2.26. The molecule has 2 heterocycles. The van der Waals surface area contributed by atoms with Crippen LogP contribution in [0, 0.1) is 5.92 Å². The van der Waals surface area contributed by atoms with E-state index in [9.17, 15) is 9.59 Å². The topological polar surface area (TPSA) is 61.2 Å². The van der Waals surface area contributed by atoms with Gasteiger partial charge >= 0.3 is 5.97 Å². The van der Waals surface area contributed by atoms with Crippen molar-refractivity contribution in [3.63, 3.8) is 0 Å². The van der Waals surface area contributed by atoms with E-state index in [0.717, 1.165) is 29.7 Å². The number of fused-ring (bicyclic) bond motifs is 3. The van der Waals surface area contributed by atoms with E-state index in [1.54, 1.807) is 11.3 Å². The zero-order chi connectivity index (χ0) is 15.9. The summed E-state index contributed by atoms with van der Waals surface area (Å²) in [5, 5.41) is 0.705. The third-order valence-electron chi connectivity index (χ3n) is 4.44. The highest BCUT2D eigenvalue weighted by Crippen LogP contribution is 2.35. The molecule has 2 aromatic heterocycles. The largest absolute Gasteiger partial charge is 0.467 e. The van der Waals surface area contributed by atoms with Crippen molar-refractivity contribution >= 4 is 27.5 Å².